The molecule has 0 radical (unpaired) electrons. The van der Waals surface area contributed by atoms with Crippen molar-refractivity contribution in [3.05, 3.63) is 23.8 Å². The molecule has 3 nitrogen and oxygen atoms in total. The molecule has 25 heavy (non-hydrogen) atoms. The summed E-state index contributed by atoms with van der Waals surface area (Å²) in [6.45, 7) is 6.13. The van der Waals surface area contributed by atoms with Crippen molar-refractivity contribution < 1.29 is 9.59 Å². The van der Waals surface area contributed by atoms with Crippen molar-refractivity contribution >= 4 is 11.6 Å². The van der Waals surface area contributed by atoms with Gasteiger partial charge in [0.05, 0.1) is 12.0 Å². The van der Waals surface area contributed by atoms with Gasteiger partial charge in [0.15, 0.2) is 5.78 Å². The van der Waals surface area contributed by atoms with Gasteiger partial charge in [-0.1, -0.05) is 26.0 Å². The first kappa shape index (κ1) is 16.8. The molecule has 7 atom stereocenters. The van der Waals surface area contributed by atoms with Crippen LogP contribution in [0.5, 0.6) is 0 Å². The van der Waals surface area contributed by atoms with Crippen molar-refractivity contribution in [1.82, 2.24) is 0 Å². The molecular weight excluding hydrogens is 310 g/mol. The van der Waals surface area contributed by atoms with E-state index in [4.69, 9.17) is 0 Å². The average molecular weight is 337 g/mol. The Kier molecular flexibility index (Phi) is 3.62. The highest BCUT2D eigenvalue weighted by molar-refractivity contribution is 5.95. The van der Waals surface area contributed by atoms with E-state index in [0.717, 1.165) is 25.7 Å². The third kappa shape index (κ3) is 2.09. The first-order valence-corrected chi connectivity index (χ1v) is 9.65. The predicted molar refractivity (Wildman–Crippen MR) is 95.3 cm³/mol. The van der Waals surface area contributed by atoms with E-state index in [1.54, 1.807) is 6.92 Å². The summed E-state index contributed by atoms with van der Waals surface area (Å²) in [5, 5.41) is 9.64. The van der Waals surface area contributed by atoms with E-state index >= 15 is 0 Å². The number of nitriles is 1. The molecule has 0 aromatic heterocycles. The van der Waals surface area contributed by atoms with Gasteiger partial charge in [-0.15, -0.1) is 0 Å². The number of allylic oxidation sites excluding steroid dienone is 4. The summed E-state index contributed by atoms with van der Waals surface area (Å²) in [7, 11) is 0. The average Bonchev–Trinajstić information content (AvgIpc) is 2.87. The van der Waals surface area contributed by atoms with E-state index in [2.05, 4.69) is 32.1 Å². The van der Waals surface area contributed by atoms with Crippen molar-refractivity contribution in [3.63, 3.8) is 0 Å². The molecule has 0 amide bonds. The van der Waals surface area contributed by atoms with Crippen LogP contribution in [-0.2, 0) is 9.59 Å². The Balaban J connectivity index is 1.79. The van der Waals surface area contributed by atoms with Crippen LogP contribution in [0, 0.1) is 51.8 Å². The zero-order valence-corrected chi connectivity index (χ0v) is 15.4. The Labute approximate surface area is 150 Å². The Hall–Kier alpha value is -1.69. The highest BCUT2D eigenvalue weighted by atomic mass is 16.1. The molecule has 4 aliphatic rings. The normalized spacial score (nSPS) is 48.0. The van der Waals surface area contributed by atoms with E-state index in [0.29, 0.717) is 12.3 Å². The van der Waals surface area contributed by atoms with E-state index in [9.17, 15) is 14.9 Å². The zero-order chi connectivity index (χ0) is 18.0. The van der Waals surface area contributed by atoms with Gasteiger partial charge in [-0.25, -0.2) is 0 Å². The molecule has 1 unspecified atom stereocenters. The summed E-state index contributed by atoms with van der Waals surface area (Å²) < 4.78 is 0. The van der Waals surface area contributed by atoms with Gasteiger partial charge < -0.3 is 0 Å². The largest absolute Gasteiger partial charge is 0.300 e. The molecule has 0 heterocycles. The van der Waals surface area contributed by atoms with Crippen molar-refractivity contribution in [1.29, 1.82) is 5.26 Å². The molecule has 3 heteroatoms. The van der Waals surface area contributed by atoms with Crippen LogP contribution in [0.3, 0.4) is 0 Å². The smallest absolute Gasteiger partial charge is 0.159 e. The summed E-state index contributed by atoms with van der Waals surface area (Å²) in [6.07, 6.45) is 11.0. The van der Waals surface area contributed by atoms with Crippen molar-refractivity contribution in [2.45, 2.75) is 52.9 Å². The number of carbonyl (C=O) groups excluding carboxylic acids is 2. The predicted octanol–water partition coefficient (Wildman–Crippen LogP) is 4.25. The van der Waals surface area contributed by atoms with Gasteiger partial charge in [-0.2, -0.15) is 5.26 Å². The number of rotatable bonds is 1. The first-order valence-electron chi connectivity index (χ1n) is 9.65. The molecule has 0 bridgehead atoms. The van der Waals surface area contributed by atoms with E-state index < -0.39 is 0 Å². The van der Waals surface area contributed by atoms with Gasteiger partial charge in [0.1, 0.15) is 5.78 Å². The van der Waals surface area contributed by atoms with Crippen LogP contribution in [0.2, 0.25) is 0 Å². The zero-order valence-electron chi connectivity index (χ0n) is 15.4. The maximum Gasteiger partial charge on any atom is 0.159 e. The highest BCUT2D eigenvalue weighted by Crippen LogP contribution is 2.66. The number of Topliss-reactive ketones (excluding diaryl/α,β-unsaturated/α-hetero) is 1. The quantitative estimate of drug-likeness (QED) is 0.719. The summed E-state index contributed by atoms with van der Waals surface area (Å²) >= 11 is 0. The SMILES string of the molecule is CC(=O)[C@H]1C(C#N)C[C@H]2[C@@H]3C(=O)C=C4C=CCC[C@]4(C)[C@H]3CC[C@]12C. The Bertz CT molecular complexity index is 742. The van der Waals surface area contributed by atoms with Crippen LogP contribution in [-0.4, -0.2) is 11.6 Å². The van der Waals surface area contributed by atoms with Crippen molar-refractivity contribution in [2.24, 2.45) is 40.4 Å². The van der Waals surface area contributed by atoms with Gasteiger partial charge in [0.2, 0.25) is 0 Å². The van der Waals surface area contributed by atoms with Gasteiger partial charge in [0, 0.05) is 11.8 Å². The highest BCUT2D eigenvalue weighted by Gasteiger charge is 2.63. The Morgan fingerprint density at radius 1 is 1.28 bits per heavy atom. The number of hydrogen-bond acceptors (Lipinski definition) is 3. The number of hydrogen-bond donors (Lipinski definition) is 0. The molecule has 0 aromatic rings. The second-order valence-corrected chi connectivity index (χ2v) is 9.20. The molecule has 0 spiro atoms. The molecule has 4 aliphatic carbocycles. The minimum atomic E-state index is -0.233. The third-order valence-electron chi connectivity index (χ3n) is 8.16. The van der Waals surface area contributed by atoms with E-state index in [1.807, 2.05) is 6.08 Å². The van der Waals surface area contributed by atoms with Crippen molar-refractivity contribution in [2.75, 3.05) is 0 Å². The fraction of sp³-hybridized carbons (Fsp3) is 0.682. The molecule has 0 aliphatic heterocycles. The van der Waals surface area contributed by atoms with Crippen LogP contribution < -0.4 is 0 Å². The van der Waals surface area contributed by atoms with Crippen LogP contribution >= 0.6 is 0 Å². The summed E-state index contributed by atoms with van der Waals surface area (Å²) in [5.41, 5.74) is 1.08. The van der Waals surface area contributed by atoms with Crippen molar-refractivity contribution in [3.8, 4) is 6.07 Å². The molecular formula is C22H27NO2. The van der Waals surface area contributed by atoms with Crippen LogP contribution in [0.25, 0.3) is 0 Å². The van der Waals surface area contributed by atoms with Gasteiger partial charge in [0.25, 0.3) is 0 Å². The minimum absolute atomic E-state index is 0.0146. The Morgan fingerprint density at radius 3 is 2.72 bits per heavy atom. The molecule has 4 rings (SSSR count). The lowest BCUT2D eigenvalue weighted by atomic mass is 9.47. The standard InChI is InChI=1S/C22H27NO2/c1-13(24)20-14(12-23)10-17-19-16(7-9-22(17,20)3)21(2)8-5-4-6-15(21)11-18(19)25/h4,6,11,14,16-17,19-20H,5,7-10H2,1-3H3/t14?,16-,17-,19+,20-,21-,22-/m0/s1. The molecule has 132 valence electrons. The number of carbonyl (C=O) groups is 2. The molecule has 0 N–H and O–H groups in total. The maximum absolute atomic E-state index is 13.1. The lowest BCUT2D eigenvalue weighted by Crippen LogP contribution is -2.52. The minimum Gasteiger partial charge on any atom is -0.300 e. The fourth-order valence-electron chi connectivity index (χ4n) is 6.97. The van der Waals surface area contributed by atoms with Gasteiger partial charge in [-0.3, -0.25) is 9.59 Å². The van der Waals surface area contributed by atoms with Crippen LogP contribution in [0.15, 0.2) is 23.8 Å². The molecule has 2 fully saturated rings. The van der Waals surface area contributed by atoms with E-state index in [-0.39, 0.29) is 46.1 Å². The first-order chi connectivity index (χ1) is 11.8. The Morgan fingerprint density at radius 2 is 2.04 bits per heavy atom. The maximum atomic E-state index is 13.1. The second kappa shape index (κ2) is 5.40. The monoisotopic (exact) mass is 337 g/mol. The lowest BCUT2D eigenvalue weighted by molar-refractivity contribution is -0.137. The lowest BCUT2D eigenvalue weighted by Gasteiger charge is -2.55. The number of nitrogens with zero attached hydrogens (tertiary/aromatic N) is 1. The topological polar surface area (TPSA) is 57.9 Å². The van der Waals surface area contributed by atoms with Gasteiger partial charge >= 0.3 is 0 Å². The fourth-order valence-corrected chi connectivity index (χ4v) is 6.97. The third-order valence-corrected chi connectivity index (χ3v) is 8.16. The van der Waals surface area contributed by atoms with Crippen LogP contribution in [0.4, 0.5) is 0 Å². The van der Waals surface area contributed by atoms with E-state index in [1.165, 1.54) is 5.57 Å². The summed E-state index contributed by atoms with van der Waals surface area (Å²) in [5.74, 6) is 0.427. The molecule has 0 aromatic carbocycles. The number of fused-ring (bicyclic) bond motifs is 5. The summed E-state index contributed by atoms with van der Waals surface area (Å²) in [4.78, 5) is 25.5. The molecule has 2 saturated carbocycles. The number of ketones is 2. The van der Waals surface area contributed by atoms with Gasteiger partial charge in [-0.05, 0) is 73.3 Å². The summed E-state index contributed by atoms with van der Waals surface area (Å²) in [6, 6.07) is 2.39. The van der Waals surface area contributed by atoms with Crippen LogP contribution in [0.1, 0.15) is 52.9 Å². The molecule has 0 saturated heterocycles. The second-order valence-electron chi connectivity index (χ2n) is 9.20.